The first kappa shape index (κ1) is 19.3. The second-order valence-electron chi connectivity index (χ2n) is 6.06. The maximum absolute atomic E-state index is 12.9. The van der Waals surface area contributed by atoms with Gasteiger partial charge in [0.1, 0.15) is 16.5 Å². The minimum absolute atomic E-state index is 0.312. The Kier molecular flexibility index (Phi) is 5.20. The Morgan fingerprint density at radius 1 is 1.10 bits per heavy atom. The van der Waals surface area contributed by atoms with Crippen LogP contribution in [-0.2, 0) is 0 Å². The van der Waals surface area contributed by atoms with Crippen molar-refractivity contribution >= 4 is 43.8 Å². The molecule has 0 unspecified atom stereocenters. The summed E-state index contributed by atoms with van der Waals surface area (Å²) in [6.45, 7) is 1.84. The summed E-state index contributed by atoms with van der Waals surface area (Å²) >= 11 is 4.80. The number of methoxy groups -OCH3 is 2. The molecule has 0 aliphatic rings. The van der Waals surface area contributed by atoms with Gasteiger partial charge in [-0.15, -0.1) is 10.2 Å². The van der Waals surface area contributed by atoms with E-state index < -0.39 is 0 Å². The van der Waals surface area contributed by atoms with E-state index in [0.29, 0.717) is 33.5 Å². The van der Waals surface area contributed by atoms with Crippen molar-refractivity contribution in [2.75, 3.05) is 19.5 Å². The van der Waals surface area contributed by atoms with E-state index in [4.69, 9.17) is 9.47 Å². The number of carbonyl (C=O) groups is 1. The highest BCUT2D eigenvalue weighted by Crippen LogP contribution is 2.33. The number of hydrogen-bond donors (Lipinski definition) is 1. The number of hydrogen-bond acceptors (Lipinski definition) is 7. The molecule has 2 aromatic heterocycles. The Balaban J connectivity index is 1.70. The topological polar surface area (TPSA) is 90.6 Å². The van der Waals surface area contributed by atoms with E-state index >= 15 is 0 Å². The number of ether oxygens (including phenoxy) is 2. The first-order chi connectivity index (χ1) is 14.0. The molecule has 148 valence electrons. The van der Waals surface area contributed by atoms with Gasteiger partial charge in [0, 0.05) is 10.0 Å². The number of aromatic nitrogens is 4. The first-order valence-corrected chi connectivity index (χ1v) is 10.1. The largest absolute Gasteiger partial charge is 0.496 e. The number of fused-ring (bicyclic) bond motifs is 1. The SMILES string of the molecule is COc1ccc(-c2nn3c(C)nnc3s2)cc1NC(=O)c1cc(Br)ccc1OC. The highest BCUT2D eigenvalue weighted by Gasteiger charge is 2.17. The number of nitrogens with one attached hydrogen (secondary N) is 1. The van der Waals surface area contributed by atoms with Gasteiger partial charge < -0.3 is 14.8 Å². The van der Waals surface area contributed by atoms with Crippen LogP contribution in [0.25, 0.3) is 15.5 Å². The second-order valence-corrected chi connectivity index (χ2v) is 7.93. The molecule has 0 aliphatic carbocycles. The third-order valence-corrected chi connectivity index (χ3v) is 5.69. The molecule has 0 radical (unpaired) electrons. The van der Waals surface area contributed by atoms with Crippen LogP contribution in [0.4, 0.5) is 5.69 Å². The van der Waals surface area contributed by atoms with E-state index in [9.17, 15) is 4.79 Å². The van der Waals surface area contributed by atoms with Gasteiger partial charge >= 0.3 is 0 Å². The van der Waals surface area contributed by atoms with Crippen LogP contribution in [0.15, 0.2) is 40.9 Å². The van der Waals surface area contributed by atoms with Gasteiger partial charge in [-0.3, -0.25) is 4.79 Å². The quantitative estimate of drug-likeness (QED) is 0.467. The summed E-state index contributed by atoms with van der Waals surface area (Å²) in [6, 6.07) is 10.7. The fourth-order valence-corrected chi connectivity index (χ4v) is 4.06. The summed E-state index contributed by atoms with van der Waals surface area (Å²) in [5.74, 6) is 1.42. The average molecular weight is 474 g/mol. The van der Waals surface area contributed by atoms with Crippen LogP contribution in [0.3, 0.4) is 0 Å². The third-order valence-electron chi connectivity index (χ3n) is 4.25. The maximum atomic E-state index is 12.9. The normalized spacial score (nSPS) is 10.9. The highest BCUT2D eigenvalue weighted by atomic mass is 79.9. The summed E-state index contributed by atoms with van der Waals surface area (Å²) in [5.41, 5.74) is 1.76. The molecule has 29 heavy (non-hydrogen) atoms. The van der Waals surface area contributed by atoms with Crippen LogP contribution >= 0.6 is 27.3 Å². The van der Waals surface area contributed by atoms with Crippen molar-refractivity contribution in [3.8, 4) is 22.1 Å². The lowest BCUT2D eigenvalue weighted by Crippen LogP contribution is -2.14. The molecule has 8 nitrogen and oxygen atoms in total. The molecule has 0 spiro atoms. The lowest BCUT2D eigenvalue weighted by molar-refractivity contribution is 0.102. The summed E-state index contributed by atoms with van der Waals surface area (Å²) in [4.78, 5) is 13.6. The number of rotatable bonds is 5. The zero-order chi connectivity index (χ0) is 20.5. The second kappa shape index (κ2) is 7.80. The number of anilines is 1. The van der Waals surface area contributed by atoms with Gasteiger partial charge in [0.05, 0.1) is 25.5 Å². The molecule has 10 heteroatoms. The summed E-state index contributed by atoms with van der Waals surface area (Å²) < 4.78 is 13.2. The molecule has 1 amide bonds. The van der Waals surface area contributed by atoms with Crippen molar-refractivity contribution in [1.29, 1.82) is 0 Å². The van der Waals surface area contributed by atoms with Crippen molar-refractivity contribution in [3.63, 3.8) is 0 Å². The van der Waals surface area contributed by atoms with Gasteiger partial charge in [-0.1, -0.05) is 27.3 Å². The molecule has 0 saturated heterocycles. The Labute approximate surface area is 178 Å². The van der Waals surface area contributed by atoms with Crippen LogP contribution in [0.2, 0.25) is 0 Å². The molecule has 2 aromatic carbocycles. The molecule has 0 atom stereocenters. The fourth-order valence-electron chi connectivity index (χ4n) is 2.82. The van der Waals surface area contributed by atoms with E-state index in [-0.39, 0.29) is 5.91 Å². The van der Waals surface area contributed by atoms with Gasteiger partial charge in [-0.2, -0.15) is 9.61 Å². The van der Waals surface area contributed by atoms with E-state index in [0.717, 1.165) is 15.0 Å². The molecule has 0 saturated carbocycles. The molecular formula is C19H16BrN5O3S. The maximum Gasteiger partial charge on any atom is 0.259 e. The summed E-state index contributed by atoms with van der Waals surface area (Å²) in [6.07, 6.45) is 0. The van der Waals surface area contributed by atoms with Gasteiger partial charge in [-0.05, 0) is 43.3 Å². The Morgan fingerprint density at radius 2 is 1.86 bits per heavy atom. The number of carbonyl (C=O) groups excluding carboxylic acids is 1. The van der Waals surface area contributed by atoms with Crippen molar-refractivity contribution in [2.45, 2.75) is 6.92 Å². The number of halogens is 1. The standard InChI is InChI=1S/C19H16BrN5O3S/c1-10-22-23-19-25(10)24-18(29-19)11-4-6-16(28-3)14(8-11)21-17(26)13-9-12(20)5-7-15(13)27-2/h4-9H,1-3H3,(H,21,26). The van der Waals surface area contributed by atoms with Gasteiger partial charge in [-0.25, -0.2) is 0 Å². The zero-order valence-corrected chi connectivity index (χ0v) is 18.2. The summed E-state index contributed by atoms with van der Waals surface area (Å²) in [7, 11) is 3.08. The third kappa shape index (κ3) is 3.68. The average Bonchev–Trinajstić information content (AvgIpc) is 3.30. The Bertz CT molecular complexity index is 1220. The number of amides is 1. The molecule has 4 rings (SSSR count). The zero-order valence-electron chi connectivity index (χ0n) is 15.8. The number of benzene rings is 2. The van der Waals surface area contributed by atoms with Crippen LogP contribution < -0.4 is 14.8 Å². The monoisotopic (exact) mass is 473 g/mol. The molecule has 4 aromatic rings. The first-order valence-electron chi connectivity index (χ1n) is 8.52. The van der Waals surface area contributed by atoms with Crippen molar-refractivity contribution < 1.29 is 14.3 Å². The highest BCUT2D eigenvalue weighted by molar-refractivity contribution is 9.10. The lowest BCUT2D eigenvalue weighted by Gasteiger charge is -2.13. The smallest absolute Gasteiger partial charge is 0.259 e. The minimum Gasteiger partial charge on any atom is -0.496 e. The predicted octanol–water partition coefficient (Wildman–Crippen LogP) is 4.19. The lowest BCUT2D eigenvalue weighted by atomic mass is 10.1. The molecule has 1 N–H and O–H groups in total. The van der Waals surface area contributed by atoms with Crippen molar-refractivity contribution in [2.24, 2.45) is 0 Å². The summed E-state index contributed by atoms with van der Waals surface area (Å²) in [5, 5.41) is 16.3. The van der Waals surface area contributed by atoms with Gasteiger partial charge in [0.2, 0.25) is 4.96 Å². The molecule has 0 fully saturated rings. The Hall–Kier alpha value is -2.98. The molecular weight excluding hydrogens is 458 g/mol. The van der Waals surface area contributed by atoms with E-state index in [1.807, 2.05) is 25.1 Å². The van der Waals surface area contributed by atoms with Crippen LogP contribution in [0.1, 0.15) is 16.2 Å². The molecule has 0 aliphatic heterocycles. The minimum atomic E-state index is -0.312. The van der Waals surface area contributed by atoms with Gasteiger partial charge in [0.15, 0.2) is 5.82 Å². The Morgan fingerprint density at radius 3 is 2.59 bits per heavy atom. The van der Waals surface area contributed by atoms with Gasteiger partial charge in [0.25, 0.3) is 5.91 Å². The molecule has 0 bridgehead atoms. The van der Waals surface area contributed by atoms with E-state index in [2.05, 4.69) is 36.5 Å². The predicted molar refractivity (Wildman–Crippen MR) is 114 cm³/mol. The number of aryl methyl sites for hydroxylation is 1. The fraction of sp³-hybridized carbons (Fsp3) is 0.158. The molecule has 2 heterocycles. The van der Waals surface area contributed by atoms with Crippen LogP contribution in [0, 0.1) is 6.92 Å². The van der Waals surface area contributed by atoms with Crippen molar-refractivity contribution in [1.82, 2.24) is 19.8 Å². The van der Waals surface area contributed by atoms with Crippen LogP contribution in [-0.4, -0.2) is 39.9 Å². The number of nitrogens with zero attached hydrogens (tertiary/aromatic N) is 4. The van der Waals surface area contributed by atoms with E-state index in [1.165, 1.54) is 18.4 Å². The van der Waals surface area contributed by atoms with E-state index in [1.54, 1.807) is 29.8 Å². The van der Waals surface area contributed by atoms with Crippen molar-refractivity contribution in [3.05, 3.63) is 52.3 Å². The van der Waals surface area contributed by atoms with Crippen LogP contribution in [0.5, 0.6) is 11.5 Å².